The summed E-state index contributed by atoms with van der Waals surface area (Å²) < 4.78 is 8.02. The van der Waals surface area contributed by atoms with Crippen molar-refractivity contribution in [1.29, 1.82) is 0 Å². The zero-order chi connectivity index (χ0) is 22.2. The van der Waals surface area contributed by atoms with Crippen molar-refractivity contribution >= 4 is 23.0 Å². The summed E-state index contributed by atoms with van der Waals surface area (Å²) in [6.45, 7) is 3.33. The molecule has 1 atom stereocenters. The first-order valence-corrected chi connectivity index (χ1v) is 10.9. The number of rotatable bonds is 9. The van der Waals surface area contributed by atoms with Gasteiger partial charge in [-0.05, 0) is 49.2 Å². The highest BCUT2D eigenvalue weighted by Crippen LogP contribution is 2.21. The number of carbonyl (C=O) groups excluding carboxylic acids is 1. The third kappa shape index (κ3) is 5.43. The smallest absolute Gasteiger partial charge is 0.244 e. The minimum atomic E-state index is -0.231. The molecule has 5 heteroatoms. The molecule has 0 aliphatic heterocycles. The van der Waals surface area contributed by atoms with Gasteiger partial charge in [0.05, 0.1) is 23.7 Å². The van der Waals surface area contributed by atoms with E-state index in [0.29, 0.717) is 6.61 Å². The van der Waals surface area contributed by atoms with Crippen LogP contribution in [0.5, 0.6) is 5.75 Å². The van der Waals surface area contributed by atoms with Gasteiger partial charge < -0.3 is 14.6 Å². The molecule has 0 aliphatic carbocycles. The van der Waals surface area contributed by atoms with Crippen LogP contribution in [-0.4, -0.2) is 22.1 Å². The maximum absolute atomic E-state index is 12.5. The van der Waals surface area contributed by atoms with E-state index < -0.39 is 0 Å². The molecular formula is C27H27N3O2. The molecule has 0 saturated carbocycles. The van der Waals surface area contributed by atoms with Crippen LogP contribution in [-0.2, 0) is 11.3 Å². The van der Waals surface area contributed by atoms with Gasteiger partial charge in [0.25, 0.3) is 0 Å². The molecule has 0 radical (unpaired) electrons. The SMILES string of the molecule is CC(NC(=O)/C=C\c1ccccc1)c1nc2ccccc2n1CCCOc1ccccc1. The number of nitrogens with one attached hydrogen (secondary N) is 1. The van der Waals surface area contributed by atoms with Crippen LogP contribution < -0.4 is 10.1 Å². The predicted molar refractivity (Wildman–Crippen MR) is 128 cm³/mol. The summed E-state index contributed by atoms with van der Waals surface area (Å²) in [6.07, 6.45) is 4.20. The molecule has 0 fully saturated rings. The lowest BCUT2D eigenvalue weighted by Crippen LogP contribution is -2.27. The maximum atomic E-state index is 12.5. The van der Waals surface area contributed by atoms with Gasteiger partial charge >= 0.3 is 0 Å². The van der Waals surface area contributed by atoms with Crippen LogP contribution in [0.3, 0.4) is 0 Å². The largest absolute Gasteiger partial charge is 0.494 e. The highest BCUT2D eigenvalue weighted by atomic mass is 16.5. The van der Waals surface area contributed by atoms with Gasteiger partial charge in [-0.25, -0.2) is 4.98 Å². The van der Waals surface area contributed by atoms with E-state index in [1.807, 2.05) is 91.9 Å². The first-order valence-electron chi connectivity index (χ1n) is 10.9. The number of benzene rings is 3. The number of hydrogen-bond acceptors (Lipinski definition) is 3. The van der Waals surface area contributed by atoms with Crippen molar-refractivity contribution in [2.75, 3.05) is 6.61 Å². The molecule has 1 unspecified atom stereocenters. The third-order valence-corrected chi connectivity index (χ3v) is 5.19. The van der Waals surface area contributed by atoms with Crippen molar-refractivity contribution in [2.24, 2.45) is 0 Å². The molecule has 1 amide bonds. The van der Waals surface area contributed by atoms with Crippen molar-refractivity contribution in [3.05, 3.63) is 102 Å². The van der Waals surface area contributed by atoms with Crippen molar-refractivity contribution < 1.29 is 9.53 Å². The van der Waals surface area contributed by atoms with Crippen LogP contribution in [0.15, 0.2) is 91.0 Å². The zero-order valence-electron chi connectivity index (χ0n) is 18.1. The lowest BCUT2D eigenvalue weighted by Gasteiger charge is -2.16. The van der Waals surface area contributed by atoms with Gasteiger partial charge in [0.15, 0.2) is 0 Å². The minimum Gasteiger partial charge on any atom is -0.494 e. The Bertz CT molecular complexity index is 1180. The predicted octanol–water partition coefficient (Wildman–Crippen LogP) is 5.40. The Morgan fingerprint density at radius 2 is 1.69 bits per heavy atom. The number of imidazole rings is 1. The van der Waals surface area contributed by atoms with Crippen LogP contribution in [0.2, 0.25) is 0 Å². The summed E-state index contributed by atoms with van der Waals surface area (Å²) in [4.78, 5) is 17.3. The van der Waals surface area contributed by atoms with Crippen LogP contribution in [0, 0.1) is 0 Å². The fourth-order valence-electron chi connectivity index (χ4n) is 3.65. The van der Waals surface area contributed by atoms with E-state index >= 15 is 0 Å². The Hall–Kier alpha value is -3.86. The van der Waals surface area contributed by atoms with Crippen LogP contribution in [0.1, 0.15) is 30.8 Å². The molecule has 5 nitrogen and oxygen atoms in total. The van der Waals surface area contributed by atoms with E-state index in [-0.39, 0.29) is 11.9 Å². The number of carbonyl (C=O) groups is 1. The van der Waals surface area contributed by atoms with E-state index in [1.165, 1.54) is 0 Å². The van der Waals surface area contributed by atoms with E-state index in [1.54, 1.807) is 6.08 Å². The lowest BCUT2D eigenvalue weighted by molar-refractivity contribution is -0.117. The van der Waals surface area contributed by atoms with Gasteiger partial charge in [-0.15, -0.1) is 0 Å². The summed E-state index contributed by atoms with van der Waals surface area (Å²) in [6, 6.07) is 27.4. The summed E-state index contributed by atoms with van der Waals surface area (Å²) in [5.74, 6) is 1.56. The van der Waals surface area contributed by atoms with Crippen molar-refractivity contribution in [1.82, 2.24) is 14.9 Å². The molecule has 4 rings (SSSR count). The Morgan fingerprint density at radius 3 is 2.47 bits per heavy atom. The summed E-state index contributed by atoms with van der Waals surface area (Å²) in [7, 11) is 0. The molecule has 0 saturated heterocycles. The normalized spacial score (nSPS) is 12.2. The van der Waals surface area contributed by atoms with Gasteiger partial charge in [0.1, 0.15) is 11.6 Å². The second-order valence-corrected chi connectivity index (χ2v) is 7.60. The van der Waals surface area contributed by atoms with Crippen molar-refractivity contribution in [2.45, 2.75) is 25.9 Å². The molecule has 0 aliphatic rings. The highest BCUT2D eigenvalue weighted by molar-refractivity contribution is 5.92. The quantitative estimate of drug-likeness (QED) is 0.289. The van der Waals surface area contributed by atoms with E-state index in [0.717, 1.165) is 41.1 Å². The second-order valence-electron chi connectivity index (χ2n) is 7.60. The topological polar surface area (TPSA) is 56.2 Å². The highest BCUT2D eigenvalue weighted by Gasteiger charge is 2.17. The fourth-order valence-corrected chi connectivity index (χ4v) is 3.65. The van der Waals surface area contributed by atoms with Gasteiger partial charge in [0.2, 0.25) is 5.91 Å². The summed E-state index contributed by atoms with van der Waals surface area (Å²) in [5, 5.41) is 3.04. The van der Waals surface area contributed by atoms with E-state index in [4.69, 9.17) is 9.72 Å². The van der Waals surface area contributed by atoms with Gasteiger partial charge in [-0.1, -0.05) is 60.7 Å². The van der Waals surface area contributed by atoms with Gasteiger partial charge in [-0.2, -0.15) is 0 Å². The van der Waals surface area contributed by atoms with E-state index in [9.17, 15) is 4.79 Å². The molecular weight excluding hydrogens is 398 g/mol. The molecule has 1 heterocycles. The molecule has 32 heavy (non-hydrogen) atoms. The van der Waals surface area contributed by atoms with Gasteiger partial charge in [-0.3, -0.25) is 4.79 Å². The number of ether oxygens (including phenoxy) is 1. The molecule has 4 aromatic rings. The van der Waals surface area contributed by atoms with Gasteiger partial charge in [0, 0.05) is 12.6 Å². The minimum absolute atomic E-state index is 0.146. The fraction of sp³-hybridized carbons (Fsp3) is 0.185. The number of amides is 1. The Morgan fingerprint density at radius 1 is 1.00 bits per heavy atom. The van der Waals surface area contributed by atoms with Crippen LogP contribution in [0.25, 0.3) is 17.1 Å². The number of nitrogens with zero attached hydrogens (tertiary/aromatic N) is 2. The second kappa shape index (κ2) is 10.4. The average Bonchev–Trinajstić information content (AvgIpc) is 3.21. The standard InChI is InChI=1S/C27H27N3O2/c1-21(28-26(31)18-17-22-11-4-2-5-12-22)27-29-24-15-8-9-16-25(24)30(27)19-10-20-32-23-13-6-3-7-14-23/h2-9,11-18,21H,10,19-20H2,1H3,(H,28,31)/b18-17-. The molecule has 162 valence electrons. The van der Waals surface area contributed by atoms with Crippen LogP contribution in [0.4, 0.5) is 0 Å². The lowest BCUT2D eigenvalue weighted by atomic mass is 10.2. The summed E-state index contributed by atoms with van der Waals surface area (Å²) >= 11 is 0. The average molecular weight is 426 g/mol. The molecule has 0 bridgehead atoms. The Balaban J connectivity index is 1.44. The monoisotopic (exact) mass is 425 g/mol. The molecule has 3 aromatic carbocycles. The maximum Gasteiger partial charge on any atom is 0.244 e. The number of fused-ring (bicyclic) bond motifs is 1. The summed E-state index contributed by atoms with van der Waals surface area (Å²) in [5.41, 5.74) is 2.97. The molecule has 0 spiro atoms. The van der Waals surface area contributed by atoms with Crippen LogP contribution >= 0.6 is 0 Å². The molecule has 1 aromatic heterocycles. The third-order valence-electron chi connectivity index (χ3n) is 5.19. The number of aryl methyl sites for hydroxylation is 1. The number of aromatic nitrogens is 2. The first kappa shape index (κ1) is 21.4. The first-order chi connectivity index (χ1) is 15.7. The zero-order valence-corrected chi connectivity index (χ0v) is 18.1. The Kier molecular flexibility index (Phi) is 6.98. The Labute approximate surface area is 188 Å². The number of para-hydroxylation sites is 3. The van der Waals surface area contributed by atoms with Crippen molar-refractivity contribution in [3.63, 3.8) is 0 Å². The van der Waals surface area contributed by atoms with E-state index in [2.05, 4.69) is 16.0 Å². The molecule has 1 N–H and O–H groups in total. The van der Waals surface area contributed by atoms with Crippen molar-refractivity contribution in [3.8, 4) is 5.75 Å². The number of hydrogen-bond donors (Lipinski definition) is 1.